The second kappa shape index (κ2) is 10.1. The quantitative estimate of drug-likeness (QED) is 0.834. The van der Waals surface area contributed by atoms with E-state index in [1.165, 1.54) is 0 Å². The molecule has 0 saturated carbocycles. The van der Waals surface area contributed by atoms with Gasteiger partial charge < -0.3 is 20.1 Å². The minimum absolute atomic E-state index is 0. The standard InChI is InChI=1S/C16H24N2O3.ClH/c1-5-6-13-7-8-14(15(9-13)20-4)21-11-16(19)18(3)12(2)10-17;/h5-9,12H,10-11,17H2,1-4H3;1H/b6-5+;. The smallest absolute Gasteiger partial charge is 0.260 e. The average Bonchev–Trinajstić information content (AvgIpc) is 2.51. The van der Waals surface area contributed by atoms with Gasteiger partial charge in [0.2, 0.25) is 0 Å². The zero-order valence-corrected chi connectivity index (χ0v) is 14.4. The molecule has 0 bridgehead atoms. The Balaban J connectivity index is 0.00000441. The molecule has 22 heavy (non-hydrogen) atoms. The number of rotatable bonds is 7. The fraction of sp³-hybridized carbons (Fsp3) is 0.438. The normalized spacial score (nSPS) is 11.7. The fourth-order valence-corrected chi connectivity index (χ4v) is 1.74. The van der Waals surface area contributed by atoms with Crippen LogP contribution in [0.1, 0.15) is 19.4 Å². The lowest BCUT2D eigenvalue weighted by Crippen LogP contribution is -2.42. The fourth-order valence-electron chi connectivity index (χ4n) is 1.74. The van der Waals surface area contributed by atoms with E-state index >= 15 is 0 Å². The second-order valence-corrected chi connectivity index (χ2v) is 4.79. The molecule has 1 unspecified atom stereocenters. The van der Waals surface area contributed by atoms with Gasteiger partial charge in [0.25, 0.3) is 5.91 Å². The number of amides is 1. The van der Waals surface area contributed by atoms with Gasteiger partial charge in [-0.25, -0.2) is 0 Å². The van der Waals surface area contributed by atoms with Crippen molar-refractivity contribution in [1.82, 2.24) is 4.90 Å². The molecule has 0 spiro atoms. The van der Waals surface area contributed by atoms with Crippen LogP contribution in [0, 0.1) is 0 Å². The van der Waals surface area contributed by atoms with E-state index in [-0.39, 0.29) is 31.0 Å². The molecule has 1 amide bonds. The van der Waals surface area contributed by atoms with E-state index < -0.39 is 0 Å². The molecule has 6 heteroatoms. The van der Waals surface area contributed by atoms with E-state index in [1.54, 1.807) is 25.1 Å². The molecule has 0 aliphatic rings. The third kappa shape index (κ3) is 5.58. The van der Waals surface area contributed by atoms with Gasteiger partial charge in [-0.3, -0.25) is 4.79 Å². The van der Waals surface area contributed by atoms with Gasteiger partial charge in [0.1, 0.15) is 0 Å². The molecule has 1 atom stereocenters. The number of likely N-dealkylation sites (N-methyl/N-ethyl adjacent to an activating group) is 1. The lowest BCUT2D eigenvalue weighted by atomic mass is 10.2. The number of allylic oxidation sites excluding steroid dienone is 1. The van der Waals surface area contributed by atoms with Crippen molar-refractivity contribution in [3.8, 4) is 11.5 Å². The number of methoxy groups -OCH3 is 1. The van der Waals surface area contributed by atoms with Crippen molar-refractivity contribution >= 4 is 24.4 Å². The molecule has 1 aromatic rings. The minimum Gasteiger partial charge on any atom is -0.493 e. The lowest BCUT2D eigenvalue weighted by molar-refractivity contribution is -0.133. The van der Waals surface area contributed by atoms with E-state index in [2.05, 4.69) is 0 Å². The summed E-state index contributed by atoms with van der Waals surface area (Å²) in [6.45, 7) is 4.22. The zero-order valence-electron chi connectivity index (χ0n) is 13.5. The Hall–Kier alpha value is -1.72. The summed E-state index contributed by atoms with van der Waals surface area (Å²) in [6, 6.07) is 5.56. The second-order valence-electron chi connectivity index (χ2n) is 4.79. The number of hydrogen-bond acceptors (Lipinski definition) is 4. The lowest BCUT2D eigenvalue weighted by Gasteiger charge is -2.23. The number of nitrogens with zero attached hydrogens (tertiary/aromatic N) is 1. The average molecular weight is 329 g/mol. The first kappa shape index (κ1) is 20.3. The molecule has 0 aliphatic heterocycles. The van der Waals surface area contributed by atoms with Crippen molar-refractivity contribution < 1.29 is 14.3 Å². The number of hydrogen-bond donors (Lipinski definition) is 1. The molecular formula is C16H25ClN2O3. The number of benzene rings is 1. The molecule has 0 heterocycles. The summed E-state index contributed by atoms with van der Waals surface area (Å²) in [5, 5.41) is 0. The van der Waals surface area contributed by atoms with Crippen LogP contribution in [0.4, 0.5) is 0 Å². The first-order valence-corrected chi connectivity index (χ1v) is 6.92. The topological polar surface area (TPSA) is 64.8 Å². The summed E-state index contributed by atoms with van der Waals surface area (Å²) in [4.78, 5) is 13.6. The largest absolute Gasteiger partial charge is 0.493 e. The van der Waals surface area contributed by atoms with Crippen LogP contribution < -0.4 is 15.2 Å². The summed E-state index contributed by atoms with van der Waals surface area (Å²) in [7, 11) is 3.29. The van der Waals surface area contributed by atoms with E-state index in [0.717, 1.165) is 5.56 Å². The first-order valence-electron chi connectivity index (χ1n) is 6.92. The maximum Gasteiger partial charge on any atom is 0.260 e. The van der Waals surface area contributed by atoms with Crippen molar-refractivity contribution in [2.45, 2.75) is 19.9 Å². The van der Waals surface area contributed by atoms with Crippen LogP contribution in [-0.4, -0.2) is 44.2 Å². The van der Waals surface area contributed by atoms with Crippen molar-refractivity contribution in [1.29, 1.82) is 0 Å². The molecule has 5 nitrogen and oxygen atoms in total. The van der Waals surface area contributed by atoms with Gasteiger partial charge in [-0.1, -0.05) is 18.2 Å². The molecule has 0 fully saturated rings. The van der Waals surface area contributed by atoms with E-state index in [0.29, 0.717) is 18.0 Å². The van der Waals surface area contributed by atoms with Crippen molar-refractivity contribution in [3.63, 3.8) is 0 Å². The Kier molecular flexibility index (Phi) is 9.29. The highest BCUT2D eigenvalue weighted by Crippen LogP contribution is 2.28. The summed E-state index contributed by atoms with van der Waals surface area (Å²) < 4.78 is 10.8. The predicted octanol–water partition coefficient (Wildman–Crippen LogP) is 2.33. The van der Waals surface area contributed by atoms with Gasteiger partial charge in [-0.15, -0.1) is 12.4 Å². The first-order chi connectivity index (χ1) is 10.0. The van der Waals surface area contributed by atoms with Crippen LogP contribution in [0.5, 0.6) is 11.5 Å². The Morgan fingerprint density at radius 1 is 1.41 bits per heavy atom. The van der Waals surface area contributed by atoms with Crippen molar-refractivity contribution in [2.75, 3.05) is 27.3 Å². The van der Waals surface area contributed by atoms with Gasteiger partial charge in [0, 0.05) is 19.6 Å². The highest BCUT2D eigenvalue weighted by atomic mass is 35.5. The van der Waals surface area contributed by atoms with Crippen molar-refractivity contribution in [2.24, 2.45) is 5.73 Å². The molecule has 0 aromatic heterocycles. The van der Waals surface area contributed by atoms with Gasteiger partial charge in [-0.2, -0.15) is 0 Å². The molecule has 0 aliphatic carbocycles. The molecule has 124 valence electrons. The highest BCUT2D eigenvalue weighted by Gasteiger charge is 2.15. The molecule has 0 radical (unpaired) electrons. The van der Waals surface area contributed by atoms with Crippen LogP contribution in [0.2, 0.25) is 0 Å². The number of halogens is 1. The van der Waals surface area contributed by atoms with Gasteiger partial charge in [0.05, 0.1) is 7.11 Å². The van der Waals surface area contributed by atoms with Crippen LogP contribution in [0.15, 0.2) is 24.3 Å². The van der Waals surface area contributed by atoms with E-state index in [1.807, 2.05) is 38.1 Å². The number of nitrogens with two attached hydrogens (primary N) is 1. The third-order valence-corrected chi connectivity index (χ3v) is 3.29. The van der Waals surface area contributed by atoms with Gasteiger partial charge in [0.15, 0.2) is 18.1 Å². The number of carbonyl (C=O) groups excluding carboxylic acids is 1. The third-order valence-electron chi connectivity index (χ3n) is 3.29. The summed E-state index contributed by atoms with van der Waals surface area (Å²) in [5.41, 5.74) is 6.56. The highest BCUT2D eigenvalue weighted by molar-refractivity contribution is 5.85. The Labute approximate surface area is 138 Å². The Morgan fingerprint density at radius 2 is 2.09 bits per heavy atom. The summed E-state index contributed by atoms with van der Waals surface area (Å²) >= 11 is 0. The van der Waals surface area contributed by atoms with E-state index in [4.69, 9.17) is 15.2 Å². The summed E-state index contributed by atoms with van der Waals surface area (Å²) in [6.07, 6.45) is 3.91. The Morgan fingerprint density at radius 3 is 2.64 bits per heavy atom. The van der Waals surface area contributed by atoms with Crippen LogP contribution >= 0.6 is 12.4 Å². The maximum absolute atomic E-state index is 12.0. The van der Waals surface area contributed by atoms with E-state index in [9.17, 15) is 4.79 Å². The summed E-state index contributed by atoms with van der Waals surface area (Å²) in [5.74, 6) is 1.04. The molecule has 1 aromatic carbocycles. The SMILES string of the molecule is C/C=C/c1ccc(OCC(=O)N(C)C(C)CN)c(OC)c1.Cl. The van der Waals surface area contributed by atoms with Crippen molar-refractivity contribution in [3.05, 3.63) is 29.8 Å². The molecule has 1 rings (SSSR count). The van der Waals surface area contributed by atoms with Gasteiger partial charge in [-0.05, 0) is 31.5 Å². The minimum atomic E-state index is -0.118. The zero-order chi connectivity index (χ0) is 15.8. The Bertz CT molecular complexity index is 506. The molecule has 2 N–H and O–H groups in total. The molecular weight excluding hydrogens is 304 g/mol. The van der Waals surface area contributed by atoms with Gasteiger partial charge >= 0.3 is 0 Å². The maximum atomic E-state index is 12.0. The predicted molar refractivity (Wildman–Crippen MR) is 91.7 cm³/mol. The van der Waals surface area contributed by atoms with Crippen LogP contribution in [-0.2, 0) is 4.79 Å². The molecule has 0 saturated heterocycles. The monoisotopic (exact) mass is 328 g/mol. The number of ether oxygens (including phenoxy) is 2. The van der Waals surface area contributed by atoms with Crippen LogP contribution in [0.3, 0.4) is 0 Å². The van der Waals surface area contributed by atoms with Crippen LogP contribution in [0.25, 0.3) is 6.08 Å². The number of carbonyl (C=O) groups is 1.